The van der Waals surface area contributed by atoms with Crippen molar-refractivity contribution in [3.8, 4) is 0 Å². The van der Waals surface area contributed by atoms with E-state index in [1.807, 2.05) is 0 Å². The van der Waals surface area contributed by atoms with Crippen LogP contribution in [-0.2, 0) is 9.53 Å². The highest BCUT2D eigenvalue weighted by Gasteiger charge is 2.22. The molecule has 0 aliphatic heterocycles. The van der Waals surface area contributed by atoms with Crippen LogP contribution in [0.3, 0.4) is 0 Å². The van der Waals surface area contributed by atoms with Crippen LogP contribution in [0.15, 0.2) is 24.3 Å². The lowest BCUT2D eigenvalue weighted by Crippen LogP contribution is -2.35. The third-order valence-electron chi connectivity index (χ3n) is 2.58. The predicted molar refractivity (Wildman–Crippen MR) is 77.5 cm³/mol. The number of non-ortho nitro benzene ring substituents is 1. The number of nitro groups is 1. The van der Waals surface area contributed by atoms with Crippen LogP contribution in [0.25, 0.3) is 0 Å². The molecule has 0 saturated carbocycles. The van der Waals surface area contributed by atoms with E-state index in [0.717, 1.165) is 0 Å². The number of hydrogen-bond acceptors (Lipinski definition) is 5. The van der Waals surface area contributed by atoms with Gasteiger partial charge in [0, 0.05) is 12.1 Å². The fourth-order valence-corrected chi connectivity index (χ4v) is 1.70. The Morgan fingerprint density at radius 1 is 1.32 bits per heavy atom. The number of rotatable bonds is 5. The number of carboxylic acid groups (broad SMARTS) is 1. The van der Waals surface area contributed by atoms with Gasteiger partial charge in [-0.25, -0.2) is 4.79 Å². The molecule has 120 valence electrons. The van der Waals surface area contributed by atoms with Crippen LogP contribution in [0.2, 0.25) is 0 Å². The fraction of sp³-hybridized carbons (Fsp3) is 0.429. The molecule has 1 aromatic carbocycles. The number of hydrogen-bond donors (Lipinski definition) is 2. The SMILES string of the molecule is CC(C)(C)OC(=O)N[C@@H](CC(=O)O)c1ccc([N+](=O)[O-])cc1. The van der Waals surface area contributed by atoms with Crippen LogP contribution >= 0.6 is 0 Å². The molecule has 1 aromatic rings. The Kier molecular flexibility index (Phi) is 5.44. The summed E-state index contributed by atoms with van der Waals surface area (Å²) in [6.07, 6.45) is -1.12. The molecule has 0 saturated heterocycles. The molecule has 0 fully saturated rings. The van der Waals surface area contributed by atoms with Gasteiger partial charge in [0.1, 0.15) is 5.60 Å². The van der Waals surface area contributed by atoms with Gasteiger partial charge < -0.3 is 15.2 Å². The first-order valence-electron chi connectivity index (χ1n) is 6.54. The largest absolute Gasteiger partial charge is 0.481 e. The smallest absolute Gasteiger partial charge is 0.408 e. The number of nitrogens with one attached hydrogen (secondary N) is 1. The first kappa shape index (κ1) is 17.4. The standard InChI is InChI=1S/C14H18N2O6/c1-14(2,3)22-13(19)15-11(8-12(17)18)9-4-6-10(7-5-9)16(20)21/h4-7,11H,8H2,1-3H3,(H,15,19)(H,17,18)/t11-/m0/s1. The molecule has 2 N–H and O–H groups in total. The number of nitrogens with zero attached hydrogens (tertiary/aromatic N) is 1. The molecule has 0 radical (unpaired) electrons. The number of carboxylic acids is 1. The normalized spacial score (nSPS) is 12.3. The third kappa shape index (κ3) is 5.78. The number of ether oxygens (including phenoxy) is 1. The van der Waals surface area contributed by atoms with Gasteiger partial charge >= 0.3 is 12.1 Å². The second-order valence-corrected chi connectivity index (χ2v) is 5.65. The van der Waals surface area contributed by atoms with Crippen molar-refractivity contribution in [2.75, 3.05) is 0 Å². The lowest BCUT2D eigenvalue weighted by molar-refractivity contribution is -0.384. The van der Waals surface area contributed by atoms with Crippen molar-refractivity contribution in [1.82, 2.24) is 5.32 Å². The van der Waals surface area contributed by atoms with Crippen molar-refractivity contribution in [3.05, 3.63) is 39.9 Å². The second kappa shape index (κ2) is 6.88. The van der Waals surface area contributed by atoms with E-state index in [-0.39, 0.29) is 12.1 Å². The van der Waals surface area contributed by atoms with Crippen LogP contribution in [0.1, 0.15) is 38.8 Å². The van der Waals surface area contributed by atoms with Crippen molar-refractivity contribution >= 4 is 17.7 Å². The minimum atomic E-state index is -1.11. The summed E-state index contributed by atoms with van der Waals surface area (Å²) >= 11 is 0. The summed E-state index contributed by atoms with van der Waals surface area (Å²) in [6.45, 7) is 5.06. The minimum absolute atomic E-state index is 0.116. The van der Waals surface area contributed by atoms with Crippen LogP contribution in [0.5, 0.6) is 0 Å². The zero-order valence-electron chi connectivity index (χ0n) is 12.5. The zero-order chi connectivity index (χ0) is 16.9. The lowest BCUT2D eigenvalue weighted by Gasteiger charge is -2.23. The average molecular weight is 310 g/mol. The Bertz CT molecular complexity index is 562. The van der Waals surface area contributed by atoms with Crippen molar-refractivity contribution in [1.29, 1.82) is 0 Å². The van der Waals surface area contributed by atoms with E-state index in [9.17, 15) is 19.7 Å². The van der Waals surface area contributed by atoms with Crippen molar-refractivity contribution < 1.29 is 24.4 Å². The van der Waals surface area contributed by atoms with E-state index in [4.69, 9.17) is 9.84 Å². The van der Waals surface area contributed by atoms with Gasteiger partial charge in [-0.2, -0.15) is 0 Å². The van der Waals surface area contributed by atoms with Gasteiger partial charge in [-0.1, -0.05) is 12.1 Å². The van der Waals surface area contributed by atoms with E-state index in [1.165, 1.54) is 24.3 Å². The number of benzene rings is 1. The Morgan fingerprint density at radius 3 is 2.27 bits per heavy atom. The van der Waals surface area contributed by atoms with Gasteiger partial charge in [0.2, 0.25) is 0 Å². The highest BCUT2D eigenvalue weighted by atomic mass is 16.6. The van der Waals surface area contributed by atoms with Gasteiger partial charge in [0.15, 0.2) is 0 Å². The maximum Gasteiger partial charge on any atom is 0.408 e. The summed E-state index contributed by atoms with van der Waals surface area (Å²) < 4.78 is 5.08. The van der Waals surface area contributed by atoms with Crippen molar-refractivity contribution in [3.63, 3.8) is 0 Å². The number of aliphatic carboxylic acids is 1. The van der Waals surface area contributed by atoms with Gasteiger partial charge in [-0.15, -0.1) is 0 Å². The first-order valence-corrected chi connectivity index (χ1v) is 6.54. The maximum atomic E-state index is 11.8. The molecule has 0 aromatic heterocycles. The maximum absolute atomic E-state index is 11.8. The lowest BCUT2D eigenvalue weighted by atomic mass is 10.0. The molecule has 0 heterocycles. The molecule has 8 heteroatoms. The third-order valence-corrected chi connectivity index (χ3v) is 2.58. The van der Waals surface area contributed by atoms with Gasteiger partial charge in [-0.3, -0.25) is 14.9 Å². The topological polar surface area (TPSA) is 119 Å². The first-order chi connectivity index (χ1) is 10.1. The summed E-state index contributed by atoms with van der Waals surface area (Å²) in [7, 11) is 0. The molecule has 1 atom stereocenters. The summed E-state index contributed by atoms with van der Waals surface area (Å²) in [6, 6.07) is 4.47. The zero-order valence-corrected chi connectivity index (χ0v) is 12.5. The number of nitro benzene ring substituents is 1. The predicted octanol–water partition coefficient (Wildman–Crippen LogP) is 2.64. The molecule has 0 aliphatic rings. The number of carbonyl (C=O) groups is 2. The highest BCUT2D eigenvalue weighted by Crippen LogP contribution is 2.21. The van der Waals surface area contributed by atoms with Crippen LogP contribution in [0, 0.1) is 10.1 Å². The Morgan fingerprint density at radius 2 is 1.86 bits per heavy atom. The molecule has 22 heavy (non-hydrogen) atoms. The van der Waals surface area contributed by atoms with Crippen molar-refractivity contribution in [2.24, 2.45) is 0 Å². The van der Waals surface area contributed by atoms with E-state index < -0.39 is 28.6 Å². The number of carbonyl (C=O) groups excluding carboxylic acids is 1. The summed E-state index contributed by atoms with van der Waals surface area (Å²) in [4.78, 5) is 32.7. The highest BCUT2D eigenvalue weighted by molar-refractivity contribution is 5.72. The molecule has 0 bridgehead atoms. The molecule has 1 amide bonds. The quantitative estimate of drug-likeness (QED) is 0.637. The summed E-state index contributed by atoms with van der Waals surface area (Å²) in [5.74, 6) is -1.11. The van der Waals surface area contributed by atoms with Crippen LogP contribution in [0.4, 0.5) is 10.5 Å². The Hall–Kier alpha value is -2.64. The summed E-state index contributed by atoms with van der Waals surface area (Å²) in [5.41, 5.74) is -0.387. The van der Waals surface area contributed by atoms with E-state index in [1.54, 1.807) is 20.8 Å². The Labute approximate surface area is 127 Å². The van der Waals surface area contributed by atoms with E-state index >= 15 is 0 Å². The monoisotopic (exact) mass is 310 g/mol. The number of alkyl carbamates (subject to hydrolysis) is 1. The van der Waals surface area contributed by atoms with Crippen LogP contribution < -0.4 is 5.32 Å². The Balaban J connectivity index is 2.90. The molecular formula is C14H18N2O6. The molecule has 0 aliphatic carbocycles. The molecule has 0 unspecified atom stereocenters. The minimum Gasteiger partial charge on any atom is -0.481 e. The van der Waals surface area contributed by atoms with Gasteiger partial charge in [-0.05, 0) is 26.3 Å². The van der Waals surface area contributed by atoms with Crippen molar-refractivity contribution in [2.45, 2.75) is 38.8 Å². The molecular weight excluding hydrogens is 292 g/mol. The average Bonchev–Trinajstić information content (AvgIpc) is 2.35. The fourth-order valence-electron chi connectivity index (χ4n) is 1.70. The van der Waals surface area contributed by atoms with E-state index in [0.29, 0.717) is 5.56 Å². The molecule has 8 nitrogen and oxygen atoms in total. The second-order valence-electron chi connectivity index (χ2n) is 5.65. The summed E-state index contributed by atoms with van der Waals surface area (Å²) in [5, 5.41) is 22.0. The molecule has 1 rings (SSSR count). The molecule has 0 spiro atoms. The van der Waals surface area contributed by atoms with E-state index in [2.05, 4.69) is 5.32 Å². The number of amides is 1. The van der Waals surface area contributed by atoms with Gasteiger partial charge in [0.05, 0.1) is 17.4 Å². The van der Waals surface area contributed by atoms with Crippen LogP contribution in [-0.4, -0.2) is 27.7 Å². The van der Waals surface area contributed by atoms with Gasteiger partial charge in [0.25, 0.3) is 5.69 Å².